The number of rotatable bonds is 28. The fourth-order valence-electron chi connectivity index (χ4n) is 8.98. The summed E-state index contributed by atoms with van der Waals surface area (Å²) >= 11 is 1.45. The quantitative estimate of drug-likeness (QED) is 0.0207. The van der Waals surface area contributed by atoms with Gasteiger partial charge in [0, 0.05) is 51.0 Å². The Bertz CT molecular complexity index is 2570. The lowest BCUT2D eigenvalue weighted by Crippen LogP contribution is -2.50. The molecule has 2 aromatic carbocycles. The van der Waals surface area contributed by atoms with Crippen molar-refractivity contribution in [1.82, 2.24) is 26.0 Å². The number of amides is 6. The van der Waals surface area contributed by atoms with Crippen molar-refractivity contribution in [3.63, 3.8) is 0 Å². The number of benzene rings is 2. The van der Waals surface area contributed by atoms with Gasteiger partial charge < -0.3 is 50.6 Å². The van der Waals surface area contributed by atoms with Gasteiger partial charge in [0.05, 0.1) is 54.6 Å². The first kappa shape index (κ1) is 61.9. The van der Waals surface area contributed by atoms with Crippen LogP contribution in [-0.4, -0.2) is 135 Å². The second-order valence-electron chi connectivity index (χ2n) is 19.9. The number of hydrogen-bond acceptors (Lipinski definition) is 15. The van der Waals surface area contributed by atoms with Crippen LogP contribution in [0.25, 0.3) is 0 Å². The number of aliphatic hydroxyl groups is 1. The second kappa shape index (κ2) is 30.3. The van der Waals surface area contributed by atoms with Crippen LogP contribution in [0.5, 0.6) is 0 Å². The van der Waals surface area contributed by atoms with Gasteiger partial charge >= 0.3 is 5.97 Å². The van der Waals surface area contributed by atoms with Crippen molar-refractivity contribution in [2.24, 2.45) is 5.92 Å². The standard InChI is InChI=1S/C55H76N6O14S2/c1-35(15-23-46-36(2)28-45(38(4)74-46)60-49(64)25-17-37(3)73-39(5)62)16-24-47-54(69)55(34-72-55)30-42(75-47)29-51(66)57-31-40-18-21-43(22-19-40)77(70,71)61-50(65)26-20-41-12-9-10-13-44(41)59-52(67)32-58-48(63)14-8-7-11-27-56-53(68)33-76-6/h9-10,12-13,15-19,21-22,24-25,36-38,42,45-47,54,69H,7-8,11,14,20,23,26-34H2,1-6H3,(H,56,68)(H,57,66)(H,58,63)(H,59,67)(H,60,64)(H,61,65)/b24-16+,25-17-,35-15+/t36-,37-,38+,42+,45+,46-,47+,54+,55+/m0/s1. The third-order valence-corrected chi connectivity index (χ3v) is 15.3. The Kier molecular flexibility index (Phi) is 24.4. The highest BCUT2D eigenvalue weighted by molar-refractivity contribution is 7.99. The number of carbonyl (C=O) groups excluding carboxylic acids is 7. The van der Waals surface area contributed by atoms with Crippen molar-refractivity contribution in [3.8, 4) is 0 Å². The maximum absolute atomic E-state index is 13.2. The van der Waals surface area contributed by atoms with Crippen LogP contribution in [0.15, 0.2) is 89.4 Å². The number of ether oxygens (including phenoxy) is 4. The highest BCUT2D eigenvalue weighted by atomic mass is 32.2. The van der Waals surface area contributed by atoms with Gasteiger partial charge in [-0.3, -0.25) is 33.6 Å². The third kappa shape index (κ3) is 21.1. The van der Waals surface area contributed by atoms with Crippen molar-refractivity contribution in [2.75, 3.05) is 37.0 Å². The number of allylic oxidation sites excluding steroid dienone is 2. The first-order valence-electron chi connectivity index (χ1n) is 26.1. The highest BCUT2D eigenvalue weighted by Gasteiger charge is 2.58. The fourth-order valence-corrected chi connectivity index (χ4v) is 10.4. The number of sulfonamides is 1. The molecule has 6 amide bonds. The summed E-state index contributed by atoms with van der Waals surface area (Å²) in [4.78, 5) is 86.1. The molecule has 422 valence electrons. The van der Waals surface area contributed by atoms with E-state index in [1.165, 1.54) is 55.1 Å². The number of unbranched alkanes of at least 4 members (excludes halogenated alkanes) is 2. The number of para-hydroxylation sites is 1. The van der Waals surface area contributed by atoms with E-state index in [0.717, 1.165) is 24.8 Å². The minimum absolute atomic E-state index is 0.00494. The van der Waals surface area contributed by atoms with E-state index in [1.807, 2.05) is 26.2 Å². The Morgan fingerprint density at radius 3 is 2.34 bits per heavy atom. The SMILES string of the molecule is CSCC(=O)NCCCCCC(=O)NCC(=O)Nc1ccccc1CCC(=O)NS(=O)(=O)c1ccc(CNC(=O)C[C@@H]2C[C@@]3(CO3)[C@H](O)[C@@H](/C=C/C(C)=C/C[C@@H]3O[C@H](C)[C@H](NC(=O)/C=C\[C@H](C)OC(C)=O)C[C@@H]3C)O2)cc1. The molecule has 9 atom stereocenters. The number of epoxide rings is 1. The van der Waals surface area contributed by atoms with Gasteiger partial charge in [0.2, 0.25) is 35.4 Å². The van der Waals surface area contributed by atoms with Crippen LogP contribution in [0.2, 0.25) is 0 Å². The normalized spacial score (nSPS) is 23.7. The first-order valence-corrected chi connectivity index (χ1v) is 29.0. The summed E-state index contributed by atoms with van der Waals surface area (Å²) in [6.45, 7) is 9.65. The summed E-state index contributed by atoms with van der Waals surface area (Å²) in [5.74, 6) is -2.00. The molecule has 0 radical (unpaired) electrons. The molecule has 2 aromatic rings. The molecular weight excluding hydrogens is 1030 g/mol. The minimum atomic E-state index is -4.24. The smallest absolute Gasteiger partial charge is 0.303 e. The maximum atomic E-state index is 13.2. The van der Waals surface area contributed by atoms with Crippen molar-refractivity contribution in [2.45, 2.75) is 159 Å². The van der Waals surface area contributed by atoms with Crippen LogP contribution in [0.1, 0.15) is 104 Å². The zero-order chi connectivity index (χ0) is 56.1. The van der Waals surface area contributed by atoms with Gasteiger partial charge in [-0.1, -0.05) is 67.5 Å². The molecule has 7 N–H and O–H groups in total. The predicted molar refractivity (Wildman–Crippen MR) is 290 cm³/mol. The molecule has 3 aliphatic heterocycles. The molecule has 0 aromatic heterocycles. The molecular formula is C55H76N6O14S2. The van der Waals surface area contributed by atoms with Crippen molar-refractivity contribution < 1.29 is 66.0 Å². The predicted octanol–water partition coefficient (Wildman–Crippen LogP) is 4.21. The Balaban J connectivity index is 1.01. The molecule has 0 saturated carbocycles. The van der Waals surface area contributed by atoms with E-state index in [9.17, 15) is 47.1 Å². The topological polar surface area (TPSA) is 286 Å². The molecule has 0 aliphatic carbocycles. The van der Waals surface area contributed by atoms with E-state index in [-0.39, 0.29) is 91.5 Å². The molecule has 3 heterocycles. The highest BCUT2D eigenvalue weighted by Crippen LogP contribution is 2.43. The van der Waals surface area contributed by atoms with Gasteiger partial charge in [0.25, 0.3) is 10.0 Å². The van der Waals surface area contributed by atoms with Crippen LogP contribution < -0.4 is 31.3 Å². The van der Waals surface area contributed by atoms with Gasteiger partial charge in [-0.25, -0.2) is 13.1 Å². The number of nitrogens with one attached hydrogen (secondary N) is 6. The third-order valence-electron chi connectivity index (χ3n) is 13.3. The van der Waals surface area contributed by atoms with Crippen LogP contribution in [0.4, 0.5) is 5.69 Å². The summed E-state index contributed by atoms with van der Waals surface area (Å²) in [6.07, 6.45) is 11.3. The van der Waals surface area contributed by atoms with Gasteiger partial charge in [0.15, 0.2) is 0 Å². The lowest BCUT2D eigenvalue weighted by molar-refractivity contribution is -0.145. The van der Waals surface area contributed by atoms with Crippen LogP contribution in [-0.2, 0) is 75.5 Å². The zero-order valence-corrected chi connectivity index (χ0v) is 46.4. The molecule has 3 saturated heterocycles. The lowest BCUT2D eigenvalue weighted by atomic mass is 9.87. The number of esters is 1. The monoisotopic (exact) mass is 1110 g/mol. The second-order valence-corrected chi connectivity index (χ2v) is 22.4. The van der Waals surface area contributed by atoms with Crippen molar-refractivity contribution in [3.05, 3.63) is 95.6 Å². The van der Waals surface area contributed by atoms with Crippen molar-refractivity contribution in [1.29, 1.82) is 0 Å². The van der Waals surface area contributed by atoms with E-state index in [0.29, 0.717) is 55.0 Å². The van der Waals surface area contributed by atoms with E-state index < -0.39 is 57.8 Å². The largest absolute Gasteiger partial charge is 0.459 e. The molecule has 3 fully saturated rings. The van der Waals surface area contributed by atoms with Crippen LogP contribution in [0.3, 0.4) is 0 Å². The summed E-state index contributed by atoms with van der Waals surface area (Å²) in [7, 11) is -4.24. The van der Waals surface area contributed by atoms with Crippen LogP contribution in [0, 0.1) is 5.92 Å². The van der Waals surface area contributed by atoms with Gasteiger partial charge in [-0.2, -0.15) is 11.8 Å². The molecule has 3 aliphatic rings. The Hall–Kier alpha value is -5.91. The number of thioether (sulfide) groups is 1. The molecule has 22 heteroatoms. The van der Waals surface area contributed by atoms with Gasteiger partial charge in [-0.05, 0) is 100 Å². The Morgan fingerprint density at radius 2 is 1.62 bits per heavy atom. The summed E-state index contributed by atoms with van der Waals surface area (Å²) in [5.41, 5.74) is 1.74. The number of carbonyl (C=O) groups is 7. The average molecular weight is 1110 g/mol. The molecule has 77 heavy (non-hydrogen) atoms. The number of anilines is 1. The van der Waals surface area contributed by atoms with Gasteiger partial charge in [-0.15, -0.1) is 0 Å². The number of aliphatic hydroxyl groups excluding tert-OH is 1. The lowest BCUT2D eigenvalue weighted by Gasteiger charge is -2.39. The zero-order valence-electron chi connectivity index (χ0n) is 44.8. The summed E-state index contributed by atoms with van der Waals surface area (Å²) in [6, 6.07) is 12.3. The number of hydrogen-bond donors (Lipinski definition) is 7. The molecule has 5 rings (SSSR count). The van der Waals surface area contributed by atoms with Crippen molar-refractivity contribution >= 4 is 68.9 Å². The Labute approximate surface area is 456 Å². The van der Waals surface area contributed by atoms with E-state index >= 15 is 0 Å². The molecule has 20 nitrogen and oxygen atoms in total. The maximum Gasteiger partial charge on any atom is 0.303 e. The molecule has 0 bridgehead atoms. The molecule has 1 spiro atoms. The van der Waals surface area contributed by atoms with E-state index in [2.05, 4.69) is 44.3 Å². The fraction of sp³-hybridized carbons (Fsp3) is 0.545. The average Bonchev–Trinajstić information content (AvgIpc) is 4.19. The van der Waals surface area contributed by atoms with E-state index in [4.69, 9.17) is 18.9 Å². The van der Waals surface area contributed by atoms with E-state index in [1.54, 1.807) is 37.3 Å². The molecule has 0 unspecified atom stereocenters. The Morgan fingerprint density at radius 1 is 0.883 bits per heavy atom. The van der Waals surface area contributed by atoms with Crippen LogP contribution >= 0.6 is 11.8 Å². The van der Waals surface area contributed by atoms with Gasteiger partial charge in [0.1, 0.15) is 23.9 Å². The number of aryl methyl sites for hydroxylation is 1. The summed E-state index contributed by atoms with van der Waals surface area (Å²) < 4.78 is 51.7. The summed E-state index contributed by atoms with van der Waals surface area (Å²) in [5, 5.41) is 25.2. The minimum Gasteiger partial charge on any atom is -0.459 e. The first-order chi connectivity index (χ1) is 36.6.